The van der Waals surface area contributed by atoms with E-state index in [-0.39, 0.29) is 24.5 Å². The molecule has 1 saturated heterocycles. The van der Waals surface area contributed by atoms with Gasteiger partial charge < -0.3 is 4.74 Å². The number of ether oxygens (including phenoxy) is 1. The van der Waals surface area contributed by atoms with Crippen molar-refractivity contribution in [3.05, 3.63) is 101 Å². The van der Waals surface area contributed by atoms with E-state index < -0.39 is 0 Å². The number of allylic oxidation sites excluding steroid dienone is 1. The molecule has 1 amide bonds. The van der Waals surface area contributed by atoms with Gasteiger partial charge in [-0.05, 0) is 78.9 Å². The molecular formula is C27H27FN2O3S. The van der Waals surface area contributed by atoms with Gasteiger partial charge in [0.05, 0.1) is 17.9 Å². The number of hydrogen-bond acceptors (Lipinski definition) is 5. The van der Waals surface area contributed by atoms with Crippen molar-refractivity contribution in [1.29, 1.82) is 0 Å². The third-order valence-corrected chi connectivity index (χ3v) is 6.69. The first-order valence-electron chi connectivity index (χ1n) is 11.1. The zero-order valence-electron chi connectivity index (χ0n) is 18.8. The number of pyridine rings is 1. The number of aromatic nitrogens is 1. The van der Waals surface area contributed by atoms with Crippen molar-refractivity contribution in [1.82, 2.24) is 4.98 Å². The maximum Gasteiger partial charge on any atom is 0.338 e. The fourth-order valence-electron chi connectivity index (χ4n) is 3.75. The van der Waals surface area contributed by atoms with E-state index >= 15 is 0 Å². The summed E-state index contributed by atoms with van der Waals surface area (Å²) in [4.78, 5) is 30.8. The largest absolute Gasteiger partial charge is 0.462 e. The molecule has 34 heavy (non-hydrogen) atoms. The average molecular weight is 479 g/mol. The number of unbranched alkanes of at least 4 members (excludes halogenated alkanes) is 1. The van der Waals surface area contributed by atoms with Gasteiger partial charge >= 0.3 is 5.97 Å². The van der Waals surface area contributed by atoms with Crippen LogP contribution >= 0.6 is 11.8 Å². The SMILES string of the molecule is Cc1cc(C(=O)OCCCC=Cc2ccncc2)ccc1N1C(=O)CSC1c1ccc(F)cc1.[HH]. The summed E-state index contributed by atoms with van der Waals surface area (Å²) < 4.78 is 18.8. The number of rotatable bonds is 8. The highest BCUT2D eigenvalue weighted by atomic mass is 32.2. The molecule has 3 aromatic rings. The van der Waals surface area contributed by atoms with Crippen molar-refractivity contribution in [2.45, 2.75) is 25.1 Å². The Morgan fingerprint density at radius 2 is 1.97 bits per heavy atom. The molecule has 1 aliphatic rings. The predicted octanol–water partition coefficient (Wildman–Crippen LogP) is 6.20. The Morgan fingerprint density at radius 1 is 1.21 bits per heavy atom. The van der Waals surface area contributed by atoms with E-state index in [1.807, 2.05) is 31.2 Å². The molecule has 1 fully saturated rings. The maximum atomic E-state index is 13.3. The molecule has 4 rings (SSSR count). The highest BCUT2D eigenvalue weighted by Gasteiger charge is 2.35. The van der Waals surface area contributed by atoms with Crippen molar-refractivity contribution in [2.75, 3.05) is 17.3 Å². The molecule has 0 spiro atoms. The fraction of sp³-hybridized carbons (Fsp3) is 0.222. The van der Waals surface area contributed by atoms with Crippen LogP contribution in [-0.4, -0.2) is 29.2 Å². The minimum atomic E-state index is -0.384. The van der Waals surface area contributed by atoms with Crippen LogP contribution in [0.15, 0.2) is 73.1 Å². The first-order chi connectivity index (χ1) is 16.5. The van der Waals surface area contributed by atoms with Gasteiger partial charge in [0, 0.05) is 19.5 Å². The summed E-state index contributed by atoms with van der Waals surface area (Å²) in [6.45, 7) is 2.20. The summed E-state index contributed by atoms with van der Waals surface area (Å²) in [5.74, 6) is -0.364. The molecule has 7 heteroatoms. The summed E-state index contributed by atoms with van der Waals surface area (Å²) >= 11 is 1.50. The van der Waals surface area contributed by atoms with Crippen LogP contribution in [0.1, 0.15) is 46.7 Å². The molecule has 1 aromatic heterocycles. The molecule has 2 heterocycles. The lowest BCUT2D eigenvalue weighted by Gasteiger charge is -2.26. The molecule has 0 N–H and O–H groups in total. The maximum absolute atomic E-state index is 13.3. The summed E-state index contributed by atoms with van der Waals surface area (Å²) in [7, 11) is 0. The molecular weight excluding hydrogens is 451 g/mol. The van der Waals surface area contributed by atoms with Crippen molar-refractivity contribution < 1.29 is 20.1 Å². The molecule has 1 atom stereocenters. The Balaban J connectivity index is 0.00000342. The quantitative estimate of drug-likeness (QED) is 0.285. The van der Waals surface area contributed by atoms with Crippen LogP contribution < -0.4 is 4.90 Å². The number of halogens is 1. The number of nitrogens with zero attached hydrogens (tertiary/aromatic N) is 2. The van der Waals surface area contributed by atoms with Gasteiger partial charge in [-0.2, -0.15) is 0 Å². The van der Waals surface area contributed by atoms with E-state index in [0.717, 1.165) is 35.2 Å². The zero-order valence-corrected chi connectivity index (χ0v) is 19.6. The van der Waals surface area contributed by atoms with Crippen molar-refractivity contribution >= 4 is 35.4 Å². The number of benzene rings is 2. The highest BCUT2D eigenvalue weighted by Crippen LogP contribution is 2.42. The van der Waals surface area contributed by atoms with Crippen LogP contribution in [0.3, 0.4) is 0 Å². The second-order valence-corrected chi connectivity index (χ2v) is 9.01. The van der Waals surface area contributed by atoms with E-state index in [9.17, 15) is 14.0 Å². The van der Waals surface area contributed by atoms with Gasteiger partial charge in [-0.25, -0.2) is 9.18 Å². The number of hydrogen-bond donors (Lipinski definition) is 0. The van der Waals surface area contributed by atoms with Crippen LogP contribution in [0, 0.1) is 12.7 Å². The van der Waals surface area contributed by atoms with Gasteiger partial charge in [0.1, 0.15) is 11.2 Å². The van der Waals surface area contributed by atoms with Gasteiger partial charge in [-0.3, -0.25) is 14.7 Å². The standard InChI is InChI=1S/C27H25FN2O3S.H2/c1-19-17-22(27(32)33-16-4-2-3-5-20-12-14-29-15-13-20)8-11-24(19)30-25(31)18-34-26(30)21-6-9-23(28)10-7-21;/h3,5-15,17,26H,2,4,16,18H2,1H3;1H. The minimum Gasteiger partial charge on any atom is -0.462 e. The number of carbonyl (C=O) groups excluding carboxylic acids is 2. The number of anilines is 1. The normalized spacial score (nSPS) is 15.8. The smallest absolute Gasteiger partial charge is 0.338 e. The molecule has 0 bridgehead atoms. The van der Waals surface area contributed by atoms with E-state index in [1.54, 1.807) is 47.6 Å². The summed E-state index contributed by atoms with van der Waals surface area (Å²) in [5, 5.41) is -0.232. The van der Waals surface area contributed by atoms with Gasteiger partial charge in [-0.1, -0.05) is 24.3 Å². The first kappa shape index (κ1) is 23.7. The van der Waals surface area contributed by atoms with Crippen molar-refractivity contribution in [2.24, 2.45) is 0 Å². The number of aryl methyl sites for hydroxylation is 1. The minimum absolute atomic E-state index is 0. The van der Waals surface area contributed by atoms with Gasteiger partial charge in [0.2, 0.25) is 5.91 Å². The van der Waals surface area contributed by atoms with E-state index in [2.05, 4.69) is 4.98 Å². The lowest BCUT2D eigenvalue weighted by atomic mass is 10.1. The lowest BCUT2D eigenvalue weighted by Crippen LogP contribution is -2.28. The lowest BCUT2D eigenvalue weighted by molar-refractivity contribution is -0.115. The van der Waals surface area contributed by atoms with E-state index in [0.29, 0.717) is 17.9 Å². The molecule has 1 unspecified atom stereocenters. The Kier molecular flexibility index (Phi) is 7.75. The Hall–Kier alpha value is -3.45. The van der Waals surface area contributed by atoms with E-state index in [1.165, 1.54) is 23.9 Å². The Morgan fingerprint density at radius 3 is 2.71 bits per heavy atom. The van der Waals surface area contributed by atoms with Crippen LogP contribution in [0.25, 0.3) is 6.08 Å². The summed E-state index contributed by atoms with van der Waals surface area (Å²) in [6, 6.07) is 15.3. The van der Waals surface area contributed by atoms with Gasteiger partial charge in [-0.15, -0.1) is 11.8 Å². The average Bonchev–Trinajstić information content (AvgIpc) is 3.23. The predicted molar refractivity (Wildman–Crippen MR) is 135 cm³/mol. The van der Waals surface area contributed by atoms with Crippen LogP contribution in [0.5, 0.6) is 0 Å². The van der Waals surface area contributed by atoms with Gasteiger partial charge in [0.15, 0.2) is 0 Å². The summed E-state index contributed by atoms with van der Waals surface area (Å²) in [5.41, 5.74) is 3.93. The van der Waals surface area contributed by atoms with Gasteiger partial charge in [0.25, 0.3) is 0 Å². The summed E-state index contributed by atoms with van der Waals surface area (Å²) in [6.07, 6.45) is 9.08. The second kappa shape index (κ2) is 11.1. The van der Waals surface area contributed by atoms with Crippen LogP contribution in [0.4, 0.5) is 10.1 Å². The Bertz CT molecular complexity index is 1190. The third kappa shape index (κ3) is 5.72. The molecule has 5 nitrogen and oxygen atoms in total. The number of amides is 1. The fourth-order valence-corrected chi connectivity index (χ4v) is 4.92. The first-order valence-corrected chi connectivity index (χ1v) is 12.1. The van der Waals surface area contributed by atoms with E-state index in [4.69, 9.17) is 4.74 Å². The van der Waals surface area contributed by atoms with Crippen LogP contribution in [-0.2, 0) is 9.53 Å². The van der Waals surface area contributed by atoms with Crippen molar-refractivity contribution in [3.8, 4) is 0 Å². The zero-order chi connectivity index (χ0) is 23.9. The number of thioether (sulfide) groups is 1. The monoisotopic (exact) mass is 478 g/mol. The number of esters is 1. The molecule has 1 aliphatic heterocycles. The highest BCUT2D eigenvalue weighted by molar-refractivity contribution is 8.00. The molecule has 176 valence electrons. The Labute approximate surface area is 204 Å². The topological polar surface area (TPSA) is 59.5 Å². The molecule has 0 aliphatic carbocycles. The van der Waals surface area contributed by atoms with Crippen LogP contribution in [0.2, 0.25) is 0 Å². The molecule has 0 saturated carbocycles. The molecule has 0 radical (unpaired) electrons. The van der Waals surface area contributed by atoms with Crippen molar-refractivity contribution in [3.63, 3.8) is 0 Å². The number of carbonyl (C=O) groups is 2. The second-order valence-electron chi connectivity index (χ2n) is 7.94. The molecule has 2 aromatic carbocycles. The third-order valence-electron chi connectivity index (χ3n) is 5.48.